The summed E-state index contributed by atoms with van der Waals surface area (Å²) in [5.74, 6) is 0.391. The first-order valence-corrected chi connectivity index (χ1v) is 8.20. The molecule has 6 heteroatoms. The average molecular weight is 324 g/mol. The average Bonchev–Trinajstić information content (AvgIpc) is 2.62. The van der Waals surface area contributed by atoms with Gasteiger partial charge in [0.1, 0.15) is 5.60 Å². The van der Waals surface area contributed by atoms with Gasteiger partial charge in [0.15, 0.2) is 0 Å². The number of rotatable bonds is 6. The number of nitrogens with zero attached hydrogens (tertiary/aromatic N) is 2. The Morgan fingerprint density at radius 3 is 2.35 bits per heavy atom. The molecule has 0 radical (unpaired) electrons. The van der Waals surface area contributed by atoms with E-state index in [9.17, 15) is 4.79 Å². The van der Waals surface area contributed by atoms with E-state index < -0.39 is 5.60 Å². The molecule has 0 bridgehead atoms. The molecule has 0 saturated heterocycles. The molecule has 6 nitrogen and oxygen atoms in total. The number of carbonyl (C=O) groups is 1. The van der Waals surface area contributed by atoms with Gasteiger partial charge in [0.05, 0.1) is 5.69 Å². The molecule has 0 fully saturated rings. The zero-order valence-corrected chi connectivity index (χ0v) is 15.8. The number of aromatic nitrogens is 2. The molecule has 0 aliphatic rings. The fourth-order valence-corrected chi connectivity index (χ4v) is 2.36. The van der Waals surface area contributed by atoms with E-state index in [0.29, 0.717) is 12.5 Å². The maximum Gasteiger partial charge on any atom is 0.407 e. The van der Waals surface area contributed by atoms with Crippen molar-refractivity contribution in [1.82, 2.24) is 20.4 Å². The SMILES string of the molecule is Cc1nn(C)c(C)c1CNC(CNC(=O)OC(C)(C)C)C(C)C. The highest BCUT2D eigenvalue weighted by Crippen LogP contribution is 2.13. The molecule has 23 heavy (non-hydrogen) atoms. The van der Waals surface area contributed by atoms with E-state index in [1.54, 1.807) is 0 Å². The summed E-state index contributed by atoms with van der Waals surface area (Å²) < 4.78 is 7.18. The summed E-state index contributed by atoms with van der Waals surface area (Å²) in [5.41, 5.74) is 2.95. The minimum absolute atomic E-state index is 0.168. The van der Waals surface area contributed by atoms with Crippen molar-refractivity contribution in [2.45, 2.75) is 66.7 Å². The number of carbonyl (C=O) groups excluding carboxylic acids is 1. The molecule has 0 aromatic carbocycles. The monoisotopic (exact) mass is 324 g/mol. The van der Waals surface area contributed by atoms with Gasteiger partial charge >= 0.3 is 6.09 Å². The van der Waals surface area contributed by atoms with Crippen molar-refractivity contribution in [3.63, 3.8) is 0 Å². The Bertz CT molecular complexity index is 529. The van der Waals surface area contributed by atoms with E-state index in [-0.39, 0.29) is 12.1 Å². The standard InChI is InChI=1S/C17H32N4O2/c1-11(2)15(10-19-16(22)23-17(5,6)7)18-9-14-12(3)20-21(8)13(14)4/h11,15,18H,9-10H2,1-8H3,(H,19,22). The molecule has 2 N–H and O–H groups in total. The molecule has 1 unspecified atom stereocenters. The zero-order valence-electron chi connectivity index (χ0n) is 15.8. The lowest BCUT2D eigenvalue weighted by Crippen LogP contribution is -2.45. The van der Waals surface area contributed by atoms with Crippen molar-refractivity contribution < 1.29 is 9.53 Å². The van der Waals surface area contributed by atoms with Crippen LogP contribution in [0, 0.1) is 19.8 Å². The normalized spacial score (nSPS) is 13.3. The predicted molar refractivity (Wildman–Crippen MR) is 92.4 cm³/mol. The molecular weight excluding hydrogens is 292 g/mol. The third kappa shape index (κ3) is 6.22. The van der Waals surface area contributed by atoms with Crippen molar-refractivity contribution in [3.8, 4) is 0 Å². The van der Waals surface area contributed by atoms with Crippen molar-refractivity contribution in [2.24, 2.45) is 13.0 Å². The van der Waals surface area contributed by atoms with Gasteiger partial charge in [0.25, 0.3) is 0 Å². The first kappa shape index (κ1) is 19.5. The molecule has 0 saturated carbocycles. The second-order valence-corrected chi connectivity index (χ2v) is 7.39. The summed E-state index contributed by atoms with van der Waals surface area (Å²) in [6.07, 6.45) is -0.376. The summed E-state index contributed by atoms with van der Waals surface area (Å²) in [5, 5.41) is 10.8. The largest absolute Gasteiger partial charge is 0.444 e. The smallest absolute Gasteiger partial charge is 0.407 e. The Balaban J connectivity index is 2.57. The zero-order chi connectivity index (χ0) is 17.8. The van der Waals surface area contributed by atoms with Crippen LogP contribution in [0.15, 0.2) is 0 Å². The van der Waals surface area contributed by atoms with Crippen molar-refractivity contribution in [1.29, 1.82) is 0 Å². The lowest BCUT2D eigenvalue weighted by molar-refractivity contribution is 0.0519. The molecule has 1 aromatic heterocycles. The Morgan fingerprint density at radius 2 is 1.91 bits per heavy atom. The number of alkyl carbamates (subject to hydrolysis) is 1. The number of ether oxygens (including phenoxy) is 1. The third-order valence-corrected chi connectivity index (χ3v) is 3.87. The molecule has 0 spiro atoms. The van der Waals surface area contributed by atoms with Gasteiger partial charge in [0, 0.05) is 37.4 Å². The molecule has 132 valence electrons. The van der Waals surface area contributed by atoms with E-state index in [4.69, 9.17) is 4.74 Å². The summed E-state index contributed by atoms with van der Waals surface area (Å²) in [7, 11) is 1.95. The van der Waals surface area contributed by atoms with Crippen molar-refractivity contribution in [3.05, 3.63) is 17.0 Å². The van der Waals surface area contributed by atoms with Crippen molar-refractivity contribution >= 4 is 6.09 Å². The Kier molecular flexibility index (Phi) is 6.62. The number of hydrogen-bond acceptors (Lipinski definition) is 4. The van der Waals surface area contributed by atoms with Crippen LogP contribution in [0.1, 0.15) is 51.6 Å². The van der Waals surface area contributed by atoms with E-state index in [2.05, 4.69) is 36.5 Å². The van der Waals surface area contributed by atoms with Gasteiger partial charge in [-0.15, -0.1) is 0 Å². The quantitative estimate of drug-likeness (QED) is 0.844. The van der Waals surface area contributed by atoms with Crippen LogP contribution in [-0.2, 0) is 18.3 Å². The molecule has 1 heterocycles. The minimum Gasteiger partial charge on any atom is -0.444 e. The minimum atomic E-state index is -0.477. The van der Waals surface area contributed by atoms with Gasteiger partial charge < -0.3 is 15.4 Å². The van der Waals surface area contributed by atoms with Crippen LogP contribution < -0.4 is 10.6 Å². The van der Waals surface area contributed by atoms with Crippen LogP contribution in [0.5, 0.6) is 0 Å². The Labute approximate surface area is 140 Å². The first-order valence-electron chi connectivity index (χ1n) is 8.20. The molecular formula is C17H32N4O2. The number of aryl methyl sites for hydroxylation is 2. The third-order valence-electron chi connectivity index (χ3n) is 3.87. The van der Waals surface area contributed by atoms with Crippen LogP contribution in [-0.4, -0.2) is 34.1 Å². The summed E-state index contributed by atoms with van der Waals surface area (Å²) in [4.78, 5) is 11.8. The van der Waals surface area contributed by atoms with Crippen LogP contribution >= 0.6 is 0 Å². The van der Waals surface area contributed by atoms with E-state index in [1.807, 2.05) is 39.4 Å². The summed E-state index contributed by atoms with van der Waals surface area (Å²) in [6.45, 7) is 15.2. The van der Waals surface area contributed by atoms with Gasteiger partial charge in [-0.2, -0.15) is 5.10 Å². The second kappa shape index (κ2) is 7.81. The summed E-state index contributed by atoms with van der Waals surface area (Å²) in [6, 6.07) is 0.168. The fraction of sp³-hybridized carbons (Fsp3) is 0.765. The predicted octanol–water partition coefficient (Wildman–Crippen LogP) is 2.68. The Morgan fingerprint density at radius 1 is 1.30 bits per heavy atom. The molecule has 1 rings (SSSR count). The lowest BCUT2D eigenvalue weighted by Gasteiger charge is -2.25. The molecule has 1 aromatic rings. The van der Waals surface area contributed by atoms with Crippen LogP contribution in [0.3, 0.4) is 0 Å². The van der Waals surface area contributed by atoms with Crippen LogP contribution in [0.2, 0.25) is 0 Å². The number of nitrogens with one attached hydrogen (secondary N) is 2. The van der Waals surface area contributed by atoms with Gasteiger partial charge in [-0.25, -0.2) is 4.79 Å². The fourth-order valence-electron chi connectivity index (χ4n) is 2.36. The second-order valence-electron chi connectivity index (χ2n) is 7.39. The van der Waals surface area contributed by atoms with E-state index in [0.717, 1.165) is 17.9 Å². The van der Waals surface area contributed by atoms with E-state index >= 15 is 0 Å². The molecule has 0 aliphatic carbocycles. The maximum absolute atomic E-state index is 11.8. The molecule has 1 amide bonds. The topological polar surface area (TPSA) is 68.2 Å². The maximum atomic E-state index is 11.8. The van der Waals surface area contributed by atoms with Gasteiger partial charge in [-0.1, -0.05) is 13.8 Å². The van der Waals surface area contributed by atoms with Crippen LogP contribution in [0.4, 0.5) is 4.79 Å². The van der Waals surface area contributed by atoms with Gasteiger partial charge in [0.2, 0.25) is 0 Å². The highest BCUT2D eigenvalue weighted by molar-refractivity contribution is 5.67. The highest BCUT2D eigenvalue weighted by Gasteiger charge is 2.19. The first-order chi connectivity index (χ1) is 10.5. The van der Waals surface area contributed by atoms with Crippen LogP contribution in [0.25, 0.3) is 0 Å². The van der Waals surface area contributed by atoms with Gasteiger partial charge in [-0.05, 0) is 40.5 Å². The number of hydrogen-bond donors (Lipinski definition) is 2. The van der Waals surface area contributed by atoms with Crippen molar-refractivity contribution in [2.75, 3.05) is 6.54 Å². The highest BCUT2D eigenvalue weighted by atomic mass is 16.6. The lowest BCUT2D eigenvalue weighted by atomic mass is 10.0. The van der Waals surface area contributed by atoms with E-state index in [1.165, 1.54) is 5.56 Å². The molecule has 0 aliphatic heterocycles. The number of amides is 1. The molecule has 1 atom stereocenters. The van der Waals surface area contributed by atoms with Gasteiger partial charge in [-0.3, -0.25) is 4.68 Å². The Hall–Kier alpha value is -1.56. The summed E-state index contributed by atoms with van der Waals surface area (Å²) >= 11 is 0.